The highest BCUT2D eigenvalue weighted by atomic mass is 16.6. The Hall–Kier alpha value is -2.11. The van der Waals surface area contributed by atoms with E-state index in [0.29, 0.717) is 5.92 Å². The van der Waals surface area contributed by atoms with Crippen LogP contribution in [0.15, 0.2) is 54.3 Å². The SMILES string of the molecule is CO[C@H]1CCCC[C@@H](c2ccccc2)OC(=O)[C@@H](C)C2=CC[C@H](C)[C@@H](O2)[C@@H](C)/C=C/[C@H]1OC. The van der Waals surface area contributed by atoms with Crippen LogP contribution in [0.4, 0.5) is 0 Å². The molecule has 2 bridgehead atoms. The summed E-state index contributed by atoms with van der Waals surface area (Å²) in [5, 5.41) is 0. The Morgan fingerprint density at radius 1 is 0.909 bits per heavy atom. The molecular formula is C28H40O5. The number of ether oxygens (including phenoxy) is 4. The number of hydrogen-bond acceptors (Lipinski definition) is 5. The first kappa shape index (κ1) is 25.5. The van der Waals surface area contributed by atoms with Crippen LogP contribution in [0.1, 0.15) is 64.5 Å². The number of carbonyl (C=O) groups excluding carboxylic acids is 1. The molecule has 0 saturated carbocycles. The van der Waals surface area contributed by atoms with E-state index in [1.54, 1.807) is 14.2 Å². The second kappa shape index (κ2) is 12.4. The highest BCUT2D eigenvalue weighted by Gasteiger charge is 2.33. The molecule has 2 aliphatic rings. The highest BCUT2D eigenvalue weighted by Crippen LogP contribution is 2.34. The molecule has 7 atom stereocenters. The molecule has 3 rings (SSSR count). The van der Waals surface area contributed by atoms with Crippen LogP contribution in [-0.2, 0) is 23.7 Å². The zero-order chi connectivity index (χ0) is 23.8. The summed E-state index contributed by atoms with van der Waals surface area (Å²) < 4.78 is 24.0. The van der Waals surface area contributed by atoms with E-state index in [-0.39, 0.29) is 36.3 Å². The minimum absolute atomic E-state index is 0.00664. The van der Waals surface area contributed by atoms with Gasteiger partial charge in [0.15, 0.2) is 0 Å². The van der Waals surface area contributed by atoms with E-state index in [4.69, 9.17) is 18.9 Å². The molecule has 1 aromatic carbocycles. The maximum Gasteiger partial charge on any atom is 0.316 e. The van der Waals surface area contributed by atoms with Crippen LogP contribution in [0.25, 0.3) is 0 Å². The van der Waals surface area contributed by atoms with E-state index in [2.05, 4.69) is 32.1 Å². The van der Waals surface area contributed by atoms with Gasteiger partial charge in [-0.2, -0.15) is 0 Å². The molecular weight excluding hydrogens is 416 g/mol. The van der Waals surface area contributed by atoms with Crippen LogP contribution in [-0.4, -0.2) is 38.5 Å². The van der Waals surface area contributed by atoms with Crippen molar-refractivity contribution in [1.29, 1.82) is 0 Å². The van der Waals surface area contributed by atoms with E-state index >= 15 is 0 Å². The maximum atomic E-state index is 13.1. The molecule has 33 heavy (non-hydrogen) atoms. The van der Waals surface area contributed by atoms with Crippen LogP contribution in [0.3, 0.4) is 0 Å². The number of carbonyl (C=O) groups is 1. The molecule has 1 aromatic rings. The number of esters is 1. The highest BCUT2D eigenvalue weighted by molar-refractivity contribution is 5.75. The zero-order valence-corrected chi connectivity index (χ0v) is 20.7. The Balaban J connectivity index is 1.88. The van der Waals surface area contributed by atoms with Crippen LogP contribution < -0.4 is 0 Å². The number of hydrogen-bond donors (Lipinski definition) is 0. The molecule has 182 valence electrons. The molecule has 0 spiro atoms. The number of cyclic esters (lactones) is 1. The fourth-order valence-corrected chi connectivity index (χ4v) is 4.82. The predicted molar refractivity (Wildman–Crippen MR) is 130 cm³/mol. The minimum atomic E-state index is -0.431. The van der Waals surface area contributed by atoms with Crippen LogP contribution >= 0.6 is 0 Å². The van der Waals surface area contributed by atoms with E-state index in [0.717, 1.165) is 43.4 Å². The summed E-state index contributed by atoms with van der Waals surface area (Å²) in [5.74, 6) is 0.590. The quantitative estimate of drug-likeness (QED) is 0.412. The molecule has 0 radical (unpaired) electrons. The van der Waals surface area contributed by atoms with Gasteiger partial charge in [0.1, 0.15) is 30.0 Å². The summed E-state index contributed by atoms with van der Waals surface area (Å²) >= 11 is 0. The predicted octanol–water partition coefficient (Wildman–Crippen LogP) is 6.01. The average molecular weight is 457 g/mol. The summed E-state index contributed by atoms with van der Waals surface area (Å²) in [5.41, 5.74) is 1.03. The molecule has 0 saturated heterocycles. The second-order valence-electron chi connectivity index (χ2n) is 9.46. The van der Waals surface area contributed by atoms with Gasteiger partial charge in [-0.05, 0) is 50.2 Å². The Labute approximate surface area is 199 Å². The normalized spacial score (nSPS) is 35.1. The van der Waals surface area contributed by atoms with Crippen LogP contribution in [0.5, 0.6) is 0 Å². The van der Waals surface area contributed by atoms with Gasteiger partial charge in [0.05, 0.1) is 6.10 Å². The van der Waals surface area contributed by atoms with Crippen molar-refractivity contribution in [1.82, 2.24) is 0 Å². The maximum absolute atomic E-state index is 13.1. The third-order valence-electron chi connectivity index (χ3n) is 7.00. The molecule has 0 amide bonds. The molecule has 2 aliphatic heterocycles. The van der Waals surface area contributed by atoms with Crippen molar-refractivity contribution < 1.29 is 23.7 Å². The Kier molecular flexibility index (Phi) is 9.57. The van der Waals surface area contributed by atoms with E-state index in [1.807, 2.05) is 37.3 Å². The number of benzene rings is 1. The third-order valence-corrected chi connectivity index (χ3v) is 7.00. The van der Waals surface area contributed by atoms with Crippen molar-refractivity contribution in [2.24, 2.45) is 17.8 Å². The Bertz CT molecular complexity index is 802. The van der Waals surface area contributed by atoms with Gasteiger partial charge < -0.3 is 18.9 Å². The molecule has 0 fully saturated rings. The van der Waals surface area contributed by atoms with Gasteiger partial charge in [0.25, 0.3) is 0 Å². The van der Waals surface area contributed by atoms with Crippen molar-refractivity contribution in [3.8, 4) is 0 Å². The molecule has 5 heteroatoms. The van der Waals surface area contributed by atoms with Gasteiger partial charge in [0, 0.05) is 20.1 Å². The number of allylic oxidation sites excluding steroid dienone is 1. The molecule has 0 aliphatic carbocycles. The van der Waals surface area contributed by atoms with Gasteiger partial charge in [-0.25, -0.2) is 0 Å². The fraction of sp³-hybridized carbons (Fsp3) is 0.607. The number of fused-ring (bicyclic) bond motifs is 2. The van der Waals surface area contributed by atoms with Crippen molar-refractivity contribution in [3.05, 3.63) is 59.9 Å². The number of methoxy groups -OCH3 is 2. The molecule has 2 heterocycles. The van der Waals surface area contributed by atoms with Crippen molar-refractivity contribution in [3.63, 3.8) is 0 Å². The fourth-order valence-electron chi connectivity index (χ4n) is 4.82. The molecule has 5 nitrogen and oxygen atoms in total. The first-order valence-electron chi connectivity index (χ1n) is 12.3. The summed E-state index contributed by atoms with van der Waals surface area (Å²) in [4.78, 5) is 13.1. The molecule has 0 unspecified atom stereocenters. The second-order valence-corrected chi connectivity index (χ2v) is 9.46. The lowest BCUT2D eigenvalue weighted by atomic mass is 9.87. The smallest absolute Gasteiger partial charge is 0.316 e. The van der Waals surface area contributed by atoms with Crippen LogP contribution in [0, 0.1) is 17.8 Å². The molecule has 0 aromatic heterocycles. The van der Waals surface area contributed by atoms with E-state index < -0.39 is 5.92 Å². The standard InChI is InChI=1S/C28H40O5/c1-19-15-17-23-21(3)28(29)33-24(22-11-7-6-8-12-22)13-9-10-14-25(30-4)26(31-5)18-16-20(2)27(19)32-23/h6-8,11-12,16-21,24-27H,9-10,13-15H2,1-5H3/b18-16+/t19-,20-,21-,24-,25-,26+,27+/m0/s1. The summed E-state index contributed by atoms with van der Waals surface area (Å²) in [6.07, 6.45) is 10.3. The first-order valence-corrected chi connectivity index (χ1v) is 12.3. The first-order chi connectivity index (χ1) is 15.9. The minimum Gasteiger partial charge on any atom is -0.493 e. The summed E-state index contributed by atoms with van der Waals surface area (Å²) in [7, 11) is 3.47. The summed E-state index contributed by atoms with van der Waals surface area (Å²) in [6.45, 7) is 6.24. The van der Waals surface area contributed by atoms with E-state index in [1.165, 1.54) is 0 Å². The van der Waals surface area contributed by atoms with Gasteiger partial charge >= 0.3 is 5.97 Å². The largest absolute Gasteiger partial charge is 0.493 e. The number of rotatable bonds is 3. The van der Waals surface area contributed by atoms with E-state index in [9.17, 15) is 4.79 Å². The van der Waals surface area contributed by atoms with Gasteiger partial charge in [0.2, 0.25) is 0 Å². The lowest BCUT2D eigenvalue weighted by Gasteiger charge is -2.35. The lowest BCUT2D eigenvalue weighted by molar-refractivity contribution is -0.155. The molecule has 0 N–H and O–H groups in total. The Morgan fingerprint density at radius 2 is 1.64 bits per heavy atom. The summed E-state index contributed by atoms with van der Waals surface area (Å²) in [6, 6.07) is 10.0. The monoisotopic (exact) mass is 456 g/mol. The van der Waals surface area contributed by atoms with Crippen LogP contribution in [0.2, 0.25) is 0 Å². The van der Waals surface area contributed by atoms with Crippen molar-refractivity contribution in [2.45, 2.75) is 77.3 Å². The van der Waals surface area contributed by atoms with Crippen molar-refractivity contribution in [2.75, 3.05) is 14.2 Å². The topological polar surface area (TPSA) is 54.0 Å². The van der Waals surface area contributed by atoms with Crippen molar-refractivity contribution >= 4 is 5.97 Å². The lowest BCUT2D eigenvalue weighted by Crippen LogP contribution is -2.34. The van der Waals surface area contributed by atoms with Gasteiger partial charge in [-0.3, -0.25) is 4.79 Å². The third kappa shape index (κ3) is 6.70. The van der Waals surface area contributed by atoms with Gasteiger partial charge in [-0.15, -0.1) is 0 Å². The Morgan fingerprint density at radius 3 is 2.33 bits per heavy atom. The average Bonchev–Trinajstić information content (AvgIpc) is 2.84. The zero-order valence-electron chi connectivity index (χ0n) is 20.7. The van der Waals surface area contributed by atoms with Gasteiger partial charge in [-0.1, -0.05) is 62.8 Å².